The Hall–Kier alpha value is -2.77. The minimum atomic E-state index is -0.612. The van der Waals surface area contributed by atoms with Crippen molar-refractivity contribution < 1.29 is 28.6 Å². The highest BCUT2D eigenvalue weighted by Crippen LogP contribution is 2.36. The van der Waals surface area contributed by atoms with E-state index in [1.54, 1.807) is 25.3 Å². The summed E-state index contributed by atoms with van der Waals surface area (Å²) >= 11 is 0. The molecule has 0 radical (unpaired) electrons. The van der Waals surface area contributed by atoms with Crippen LogP contribution in [0.1, 0.15) is 32.1 Å². The number of ether oxygens (including phenoxy) is 3. The van der Waals surface area contributed by atoms with Crippen LogP contribution in [0.15, 0.2) is 18.2 Å². The lowest BCUT2D eigenvalue weighted by atomic mass is 10.1. The predicted molar refractivity (Wildman–Crippen MR) is 101 cm³/mol. The summed E-state index contributed by atoms with van der Waals surface area (Å²) in [6.07, 6.45) is 4.20. The molecule has 2 fully saturated rings. The minimum absolute atomic E-state index is 0.0399. The van der Waals surface area contributed by atoms with E-state index in [0.717, 1.165) is 25.7 Å². The molecule has 0 bridgehead atoms. The summed E-state index contributed by atoms with van der Waals surface area (Å²) in [6.45, 7) is -0.128. The molecule has 1 saturated heterocycles. The number of nitrogens with one attached hydrogen (secondary N) is 1. The molecule has 1 aliphatic heterocycles. The molecule has 2 aliphatic rings. The molecular weight excluding hydrogens is 364 g/mol. The van der Waals surface area contributed by atoms with Crippen LogP contribution in [0.3, 0.4) is 0 Å². The third-order valence-corrected chi connectivity index (χ3v) is 5.20. The van der Waals surface area contributed by atoms with Crippen LogP contribution in [0, 0.1) is 5.92 Å². The van der Waals surface area contributed by atoms with Gasteiger partial charge < -0.3 is 24.4 Å². The van der Waals surface area contributed by atoms with Crippen molar-refractivity contribution in [2.75, 3.05) is 32.3 Å². The van der Waals surface area contributed by atoms with Gasteiger partial charge in [-0.3, -0.25) is 14.4 Å². The van der Waals surface area contributed by atoms with Crippen LogP contribution in [-0.4, -0.2) is 51.2 Å². The molecule has 0 unspecified atom stereocenters. The summed E-state index contributed by atoms with van der Waals surface area (Å²) in [7, 11) is 3.05. The Bertz CT molecular complexity index is 744. The number of esters is 1. The molecule has 28 heavy (non-hydrogen) atoms. The third kappa shape index (κ3) is 4.55. The van der Waals surface area contributed by atoms with E-state index in [4.69, 9.17) is 14.2 Å². The monoisotopic (exact) mass is 390 g/mol. The van der Waals surface area contributed by atoms with Crippen molar-refractivity contribution in [2.24, 2.45) is 5.92 Å². The SMILES string of the molecule is COc1ccc(N2C[C@H](C(=O)OCC(=O)NC3CCCC3)CC2=O)c(OC)c1. The van der Waals surface area contributed by atoms with E-state index in [2.05, 4.69) is 5.32 Å². The van der Waals surface area contributed by atoms with Gasteiger partial charge in [-0.2, -0.15) is 0 Å². The summed E-state index contributed by atoms with van der Waals surface area (Å²) in [5.41, 5.74) is 0.572. The van der Waals surface area contributed by atoms with E-state index in [0.29, 0.717) is 17.2 Å². The van der Waals surface area contributed by atoms with Gasteiger partial charge in [0.2, 0.25) is 5.91 Å². The van der Waals surface area contributed by atoms with E-state index in [9.17, 15) is 14.4 Å². The molecule has 8 heteroatoms. The van der Waals surface area contributed by atoms with Gasteiger partial charge in [0.25, 0.3) is 5.91 Å². The van der Waals surface area contributed by atoms with Crippen molar-refractivity contribution in [3.8, 4) is 11.5 Å². The molecule has 152 valence electrons. The summed E-state index contributed by atoms with van der Waals surface area (Å²) in [6, 6.07) is 5.31. The first-order valence-electron chi connectivity index (χ1n) is 9.50. The standard InChI is InChI=1S/C20H26N2O6/c1-26-15-7-8-16(17(10-15)27-2)22-11-13(9-19(22)24)20(25)28-12-18(23)21-14-5-3-4-6-14/h7-8,10,13-14H,3-6,9,11-12H2,1-2H3,(H,21,23)/t13-/m1/s1. The maximum absolute atomic E-state index is 12.4. The van der Waals surface area contributed by atoms with E-state index < -0.39 is 11.9 Å². The number of amides is 2. The van der Waals surface area contributed by atoms with Crippen LogP contribution < -0.4 is 19.7 Å². The molecular formula is C20H26N2O6. The molecule has 1 aromatic rings. The molecule has 1 aromatic carbocycles. The first-order valence-corrected chi connectivity index (χ1v) is 9.50. The lowest BCUT2D eigenvalue weighted by Gasteiger charge is -2.20. The van der Waals surface area contributed by atoms with Crippen LogP contribution in [0.5, 0.6) is 11.5 Å². The van der Waals surface area contributed by atoms with Crippen molar-refractivity contribution in [1.82, 2.24) is 5.32 Å². The molecule has 1 aliphatic carbocycles. The van der Waals surface area contributed by atoms with Crippen LogP contribution in [0.25, 0.3) is 0 Å². The predicted octanol–water partition coefficient (Wildman–Crippen LogP) is 1.66. The highest BCUT2D eigenvalue weighted by atomic mass is 16.5. The molecule has 3 rings (SSSR count). The van der Waals surface area contributed by atoms with Gasteiger partial charge in [-0.15, -0.1) is 0 Å². The second-order valence-corrected chi connectivity index (χ2v) is 7.10. The number of rotatable bonds is 7. The van der Waals surface area contributed by atoms with Crippen LogP contribution in [0.4, 0.5) is 5.69 Å². The van der Waals surface area contributed by atoms with Crippen LogP contribution in [-0.2, 0) is 19.1 Å². The van der Waals surface area contributed by atoms with E-state index in [-0.39, 0.29) is 37.4 Å². The zero-order chi connectivity index (χ0) is 20.1. The zero-order valence-electron chi connectivity index (χ0n) is 16.2. The average Bonchev–Trinajstić information content (AvgIpc) is 3.35. The van der Waals surface area contributed by atoms with Crippen molar-refractivity contribution in [3.05, 3.63) is 18.2 Å². The fourth-order valence-electron chi connectivity index (χ4n) is 3.70. The zero-order valence-corrected chi connectivity index (χ0v) is 16.2. The second-order valence-electron chi connectivity index (χ2n) is 7.10. The summed E-state index contributed by atoms with van der Waals surface area (Å²) in [4.78, 5) is 38.2. The second kappa shape index (κ2) is 8.95. The van der Waals surface area contributed by atoms with Crippen molar-refractivity contribution >= 4 is 23.5 Å². The summed E-state index contributed by atoms with van der Waals surface area (Å²) < 4.78 is 15.7. The molecule has 8 nitrogen and oxygen atoms in total. The Kier molecular flexibility index (Phi) is 6.38. The molecule has 2 amide bonds. The Morgan fingerprint density at radius 2 is 1.93 bits per heavy atom. The number of anilines is 1. The molecule has 1 saturated carbocycles. The first kappa shape index (κ1) is 20.0. The maximum atomic E-state index is 12.4. The average molecular weight is 390 g/mol. The van der Waals surface area contributed by atoms with Gasteiger partial charge in [-0.05, 0) is 25.0 Å². The number of carbonyl (C=O) groups excluding carboxylic acids is 3. The molecule has 1 atom stereocenters. The van der Waals surface area contributed by atoms with E-state index in [1.807, 2.05) is 0 Å². The van der Waals surface area contributed by atoms with Crippen LogP contribution >= 0.6 is 0 Å². The lowest BCUT2D eigenvalue weighted by molar-refractivity contribution is -0.152. The Balaban J connectivity index is 1.56. The van der Waals surface area contributed by atoms with Gasteiger partial charge in [0.05, 0.1) is 25.8 Å². The van der Waals surface area contributed by atoms with Gasteiger partial charge in [0.1, 0.15) is 11.5 Å². The quantitative estimate of drug-likeness (QED) is 0.712. The van der Waals surface area contributed by atoms with Gasteiger partial charge in [-0.25, -0.2) is 0 Å². The molecule has 1 heterocycles. The third-order valence-electron chi connectivity index (χ3n) is 5.20. The molecule has 0 spiro atoms. The highest BCUT2D eigenvalue weighted by molar-refractivity contribution is 6.00. The van der Waals surface area contributed by atoms with E-state index in [1.165, 1.54) is 12.0 Å². The fraction of sp³-hybridized carbons (Fsp3) is 0.550. The van der Waals surface area contributed by atoms with Crippen molar-refractivity contribution in [1.29, 1.82) is 0 Å². The Morgan fingerprint density at radius 1 is 1.18 bits per heavy atom. The van der Waals surface area contributed by atoms with E-state index >= 15 is 0 Å². The molecule has 0 aromatic heterocycles. The van der Waals surface area contributed by atoms with Gasteiger partial charge in [0.15, 0.2) is 6.61 Å². The number of carbonyl (C=O) groups is 3. The van der Waals surface area contributed by atoms with Gasteiger partial charge in [0, 0.05) is 25.1 Å². The maximum Gasteiger partial charge on any atom is 0.311 e. The number of benzene rings is 1. The first-order chi connectivity index (χ1) is 13.5. The summed E-state index contributed by atoms with van der Waals surface area (Å²) in [5, 5.41) is 2.87. The number of hydrogen-bond donors (Lipinski definition) is 1. The van der Waals surface area contributed by atoms with Crippen molar-refractivity contribution in [2.45, 2.75) is 38.1 Å². The number of nitrogens with zero attached hydrogens (tertiary/aromatic N) is 1. The topological polar surface area (TPSA) is 94.2 Å². The smallest absolute Gasteiger partial charge is 0.311 e. The lowest BCUT2D eigenvalue weighted by Crippen LogP contribution is -2.36. The highest BCUT2D eigenvalue weighted by Gasteiger charge is 2.37. The largest absolute Gasteiger partial charge is 0.497 e. The minimum Gasteiger partial charge on any atom is -0.497 e. The normalized spacial score (nSPS) is 19.6. The Labute approximate surface area is 164 Å². The summed E-state index contributed by atoms with van der Waals surface area (Å²) in [5.74, 6) is -0.545. The number of methoxy groups -OCH3 is 2. The number of hydrogen-bond acceptors (Lipinski definition) is 6. The Morgan fingerprint density at radius 3 is 2.61 bits per heavy atom. The molecule has 1 N–H and O–H groups in total. The van der Waals surface area contributed by atoms with Gasteiger partial charge in [-0.1, -0.05) is 12.8 Å². The van der Waals surface area contributed by atoms with Crippen molar-refractivity contribution in [3.63, 3.8) is 0 Å². The van der Waals surface area contributed by atoms with Gasteiger partial charge >= 0.3 is 5.97 Å². The fourth-order valence-corrected chi connectivity index (χ4v) is 3.70. The van der Waals surface area contributed by atoms with Crippen LogP contribution in [0.2, 0.25) is 0 Å².